The Morgan fingerprint density at radius 2 is 1.50 bits per heavy atom. The van der Waals surface area contributed by atoms with Gasteiger partial charge in [0.2, 0.25) is 0 Å². The van der Waals surface area contributed by atoms with Crippen molar-refractivity contribution in [3.05, 3.63) is 95.3 Å². The van der Waals surface area contributed by atoms with Crippen LogP contribution in [0, 0.1) is 0 Å². The second-order valence-electron chi connectivity index (χ2n) is 8.97. The summed E-state index contributed by atoms with van der Waals surface area (Å²) in [6.45, 7) is 4.43. The topological polar surface area (TPSA) is 61.6 Å². The van der Waals surface area contributed by atoms with Gasteiger partial charge in [0, 0.05) is 62.7 Å². The molecule has 0 bridgehead atoms. The monoisotopic (exact) mass is 494 g/mol. The number of rotatable bonds is 6. The van der Waals surface area contributed by atoms with Gasteiger partial charge in [-0.3, -0.25) is 4.90 Å². The van der Waals surface area contributed by atoms with Crippen LogP contribution in [0.3, 0.4) is 0 Å². The van der Waals surface area contributed by atoms with Gasteiger partial charge < -0.3 is 14.6 Å². The number of carboxylic acids is 1. The van der Waals surface area contributed by atoms with Gasteiger partial charge in [0.1, 0.15) is 5.65 Å². The maximum Gasteiger partial charge on any atom is 0.416 e. The molecule has 1 N–H and O–H groups in total. The van der Waals surface area contributed by atoms with Crippen molar-refractivity contribution in [2.75, 3.05) is 31.1 Å². The zero-order valence-corrected chi connectivity index (χ0v) is 19.4. The van der Waals surface area contributed by atoms with Crippen molar-refractivity contribution in [3.63, 3.8) is 0 Å². The van der Waals surface area contributed by atoms with Gasteiger partial charge in [-0.15, -0.1) is 0 Å². The summed E-state index contributed by atoms with van der Waals surface area (Å²) in [6.07, 6.45) is -0.520. The smallest absolute Gasteiger partial charge is 0.416 e. The Labute approximate surface area is 206 Å². The highest BCUT2D eigenvalue weighted by molar-refractivity contribution is 5.90. The van der Waals surface area contributed by atoms with Crippen molar-refractivity contribution in [2.24, 2.45) is 0 Å². The standard InChI is InChI=1S/C27H25F3N4O2/c28-27(29,30)22-7-3-19(4-8-22)17-32-13-15-33(16-14-32)24-9-11-31-25-23(24)10-12-34(25)18-20-1-5-21(6-2-20)26(35)36/h1-12H,13-18H2,(H,35,36). The number of aromatic nitrogens is 2. The van der Waals surface area contributed by atoms with E-state index < -0.39 is 17.7 Å². The van der Waals surface area contributed by atoms with Crippen molar-refractivity contribution in [1.29, 1.82) is 0 Å². The number of nitrogens with zero attached hydrogens (tertiary/aromatic N) is 4. The summed E-state index contributed by atoms with van der Waals surface area (Å²) in [5, 5.41) is 10.1. The SMILES string of the molecule is O=C(O)c1ccc(Cn2ccc3c(N4CCN(Cc5ccc(C(F)(F)F)cc5)CC4)ccnc32)cc1. The summed E-state index contributed by atoms with van der Waals surface area (Å²) in [6, 6.07) is 16.3. The van der Waals surface area contributed by atoms with Crippen molar-refractivity contribution in [1.82, 2.24) is 14.5 Å². The first-order chi connectivity index (χ1) is 17.3. The van der Waals surface area contributed by atoms with Crippen LogP contribution in [0.5, 0.6) is 0 Å². The molecule has 1 aliphatic heterocycles. The summed E-state index contributed by atoms with van der Waals surface area (Å²) >= 11 is 0. The first-order valence-electron chi connectivity index (χ1n) is 11.7. The summed E-state index contributed by atoms with van der Waals surface area (Å²) in [5.41, 5.74) is 3.46. The summed E-state index contributed by atoms with van der Waals surface area (Å²) in [4.78, 5) is 20.2. The van der Waals surface area contributed by atoms with E-state index >= 15 is 0 Å². The lowest BCUT2D eigenvalue weighted by Gasteiger charge is -2.36. The molecule has 6 nitrogen and oxygen atoms in total. The van der Waals surface area contributed by atoms with Crippen LogP contribution in [0.15, 0.2) is 73.1 Å². The normalized spacial score (nSPS) is 14.9. The molecular weight excluding hydrogens is 469 g/mol. The fourth-order valence-electron chi connectivity index (χ4n) is 4.63. The zero-order chi connectivity index (χ0) is 25.3. The van der Waals surface area contributed by atoms with Gasteiger partial charge >= 0.3 is 12.1 Å². The molecule has 36 heavy (non-hydrogen) atoms. The lowest BCUT2D eigenvalue weighted by molar-refractivity contribution is -0.137. The Kier molecular flexibility index (Phi) is 6.40. The van der Waals surface area contributed by atoms with Crippen LogP contribution in [-0.2, 0) is 19.3 Å². The molecule has 0 unspecified atom stereocenters. The fourth-order valence-corrected chi connectivity index (χ4v) is 4.63. The first kappa shape index (κ1) is 23.9. The third-order valence-electron chi connectivity index (χ3n) is 6.59. The third-order valence-corrected chi connectivity index (χ3v) is 6.59. The van der Waals surface area contributed by atoms with E-state index in [9.17, 15) is 18.0 Å². The predicted molar refractivity (Wildman–Crippen MR) is 131 cm³/mol. The minimum atomic E-state index is -4.32. The molecule has 4 aromatic rings. The molecule has 0 saturated carbocycles. The van der Waals surface area contributed by atoms with E-state index in [4.69, 9.17) is 5.11 Å². The maximum absolute atomic E-state index is 12.8. The highest BCUT2D eigenvalue weighted by Crippen LogP contribution is 2.30. The number of anilines is 1. The summed E-state index contributed by atoms with van der Waals surface area (Å²) in [5.74, 6) is -0.946. The number of hydrogen-bond donors (Lipinski definition) is 1. The van der Waals surface area contributed by atoms with Crippen molar-refractivity contribution in [3.8, 4) is 0 Å². The molecule has 3 heterocycles. The minimum absolute atomic E-state index is 0.258. The number of carboxylic acid groups (broad SMARTS) is 1. The molecule has 0 aliphatic carbocycles. The van der Waals surface area contributed by atoms with Gasteiger partial charge in [-0.1, -0.05) is 24.3 Å². The number of carbonyl (C=O) groups is 1. The molecule has 0 atom stereocenters. The molecule has 0 spiro atoms. The van der Waals surface area contributed by atoms with Crippen LogP contribution in [0.25, 0.3) is 11.0 Å². The van der Waals surface area contributed by atoms with Gasteiger partial charge in [0.25, 0.3) is 0 Å². The van der Waals surface area contributed by atoms with Crippen LogP contribution >= 0.6 is 0 Å². The highest BCUT2D eigenvalue weighted by atomic mass is 19.4. The Balaban J connectivity index is 1.24. The second-order valence-corrected chi connectivity index (χ2v) is 8.97. The number of pyridine rings is 1. The average Bonchev–Trinajstić information content (AvgIpc) is 3.27. The van der Waals surface area contributed by atoms with Crippen molar-refractivity contribution < 1.29 is 23.1 Å². The Hall–Kier alpha value is -3.85. The number of piperazine rings is 1. The number of aromatic carboxylic acids is 1. The lowest BCUT2D eigenvalue weighted by atomic mass is 10.1. The predicted octanol–water partition coefficient (Wildman–Crippen LogP) is 5.12. The number of benzene rings is 2. The molecule has 0 amide bonds. The Morgan fingerprint density at radius 3 is 2.14 bits per heavy atom. The summed E-state index contributed by atoms with van der Waals surface area (Å²) < 4.78 is 40.5. The molecule has 9 heteroatoms. The largest absolute Gasteiger partial charge is 0.478 e. The van der Waals surface area contributed by atoms with Crippen LogP contribution in [0.1, 0.15) is 27.0 Å². The van der Waals surface area contributed by atoms with Crippen LogP contribution in [-0.4, -0.2) is 51.7 Å². The molecule has 1 fully saturated rings. The van der Waals surface area contributed by atoms with Crippen LogP contribution in [0.4, 0.5) is 18.9 Å². The first-order valence-corrected chi connectivity index (χ1v) is 11.7. The quantitative estimate of drug-likeness (QED) is 0.403. The molecule has 2 aromatic carbocycles. The van der Waals surface area contributed by atoms with Gasteiger partial charge in [-0.25, -0.2) is 9.78 Å². The van der Waals surface area contributed by atoms with Crippen molar-refractivity contribution in [2.45, 2.75) is 19.3 Å². The lowest BCUT2D eigenvalue weighted by Crippen LogP contribution is -2.46. The fraction of sp³-hybridized carbons (Fsp3) is 0.259. The van der Waals surface area contributed by atoms with Gasteiger partial charge in [0.05, 0.1) is 11.1 Å². The molecular formula is C27H25F3N4O2. The Bertz CT molecular complexity index is 1360. The molecule has 1 aliphatic rings. The van der Waals surface area contributed by atoms with Gasteiger partial charge in [-0.2, -0.15) is 13.2 Å². The zero-order valence-electron chi connectivity index (χ0n) is 19.4. The van der Waals surface area contributed by atoms with E-state index in [0.29, 0.717) is 13.1 Å². The molecule has 186 valence electrons. The maximum atomic E-state index is 12.8. The van der Waals surface area contributed by atoms with E-state index in [1.165, 1.54) is 0 Å². The number of hydrogen-bond acceptors (Lipinski definition) is 4. The third kappa shape index (κ3) is 5.06. The Morgan fingerprint density at radius 1 is 0.861 bits per heavy atom. The highest BCUT2D eigenvalue weighted by Gasteiger charge is 2.30. The second kappa shape index (κ2) is 9.66. The van der Waals surface area contributed by atoms with Gasteiger partial charge in [0.15, 0.2) is 0 Å². The van der Waals surface area contributed by atoms with Crippen molar-refractivity contribution >= 4 is 22.7 Å². The molecule has 1 saturated heterocycles. The number of halogens is 3. The van der Waals surface area contributed by atoms with E-state index in [1.807, 2.05) is 24.4 Å². The molecule has 5 rings (SSSR count). The van der Waals surface area contributed by atoms with Crippen LogP contribution < -0.4 is 4.90 Å². The molecule has 0 radical (unpaired) electrons. The van der Waals surface area contributed by atoms with E-state index in [1.54, 1.807) is 30.5 Å². The van der Waals surface area contributed by atoms with E-state index in [2.05, 4.69) is 25.4 Å². The average molecular weight is 495 g/mol. The van der Waals surface area contributed by atoms with Crippen LogP contribution in [0.2, 0.25) is 0 Å². The van der Waals surface area contributed by atoms with E-state index in [-0.39, 0.29) is 5.56 Å². The molecule has 2 aromatic heterocycles. The summed E-state index contributed by atoms with van der Waals surface area (Å²) in [7, 11) is 0. The minimum Gasteiger partial charge on any atom is -0.478 e. The number of fused-ring (bicyclic) bond motifs is 1. The van der Waals surface area contributed by atoms with E-state index in [0.717, 1.165) is 66.2 Å². The number of alkyl halides is 3. The van der Waals surface area contributed by atoms with Gasteiger partial charge in [-0.05, 0) is 47.5 Å².